The summed E-state index contributed by atoms with van der Waals surface area (Å²) < 4.78 is 0. The molecule has 18 heavy (non-hydrogen) atoms. The van der Waals surface area contributed by atoms with Crippen molar-refractivity contribution < 1.29 is 0 Å². The van der Waals surface area contributed by atoms with Crippen LogP contribution in [0.1, 0.15) is 36.7 Å². The summed E-state index contributed by atoms with van der Waals surface area (Å²) in [5.74, 6) is 2.07. The van der Waals surface area contributed by atoms with Gasteiger partial charge in [-0.15, -0.1) is 0 Å². The zero-order valence-corrected chi connectivity index (χ0v) is 11.0. The van der Waals surface area contributed by atoms with Gasteiger partial charge in [0, 0.05) is 31.1 Å². The largest absolute Gasteiger partial charge is 0.366 e. The highest BCUT2D eigenvalue weighted by molar-refractivity contribution is 5.36. The van der Waals surface area contributed by atoms with Crippen molar-refractivity contribution in [3.05, 3.63) is 47.7 Å². The molecule has 2 rings (SSSR count). The number of nitrogens with zero attached hydrogens (tertiary/aromatic N) is 3. The molecule has 2 heterocycles. The molecule has 0 aromatic carbocycles. The highest BCUT2D eigenvalue weighted by atomic mass is 15.0. The zero-order chi connectivity index (χ0) is 13.0. The van der Waals surface area contributed by atoms with Gasteiger partial charge in [0.1, 0.15) is 11.6 Å². The lowest BCUT2D eigenvalue weighted by Crippen LogP contribution is -2.06. The smallest absolute Gasteiger partial charge is 0.133 e. The highest BCUT2D eigenvalue weighted by Gasteiger charge is 2.04. The third-order valence-corrected chi connectivity index (χ3v) is 2.79. The number of hydrogen-bond acceptors (Lipinski definition) is 4. The van der Waals surface area contributed by atoms with Crippen LogP contribution in [0.15, 0.2) is 30.7 Å². The summed E-state index contributed by atoms with van der Waals surface area (Å²) in [5.41, 5.74) is 2.41. The predicted octanol–water partition coefficient (Wildman–Crippen LogP) is 2.92. The lowest BCUT2D eigenvalue weighted by Gasteiger charge is -2.09. The minimum Gasteiger partial charge on any atom is -0.366 e. The monoisotopic (exact) mass is 242 g/mol. The molecule has 0 aliphatic rings. The minimum atomic E-state index is 0.342. The predicted molar refractivity (Wildman–Crippen MR) is 72.4 cm³/mol. The second-order valence-electron chi connectivity index (χ2n) is 4.61. The van der Waals surface area contributed by atoms with Gasteiger partial charge in [-0.05, 0) is 30.2 Å². The van der Waals surface area contributed by atoms with Crippen LogP contribution in [-0.2, 0) is 6.54 Å². The second-order valence-corrected chi connectivity index (χ2v) is 4.61. The van der Waals surface area contributed by atoms with Crippen molar-refractivity contribution in [3.8, 4) is 0 Å². The van der Waals surface area contributed by atoms with Gasteiger partial charge in [0.05, 0.1) is 0 Å². The van der Waals surface area contributed by atoms with Crippen molar-refractivity contribution >= 4 is 5.82 Å². The molecule has 4 nitrogen and oxygen atoms in total. The standard InChI is InChI=1S/C14H18N4/c1-10(2)14-16-7-5-13(18-14)17-9-12-4-6-15-8-11(12)3/h4-8,10H,9H2,1-3H3,(H,16,17,18). The zero-order valence-electron chi connectivity index (χ0n) is 11.0. The average molecular weight is 242 g/mol. The van der Waals surface area contributed by atoms with Gasteiger partial charge in [0.2, 0.25) is 0 Å². The van der Waals surface area contributed by atoms with Gasteiger partial charge in [-0.25, -0.2) is 9.97 Å². The van der Waals surface area contributed by atoms with E-state index in [1.165, 1.54) is 11.1 Å². The molecule has 0 aliphatic carbocycles. The maximum absolute atomic E-state index is 4.48. The van der Waals surface area contributed by atoms with E-state index in [2.05, 4.69) is 41.0 Å². The Morgan fingerprint density at radius 2 is 2.06 bits per heavy atom. The first kappa shape index (κ1) is 12.5. The second kappa shape index (κ2) is 5.58. The Bertz CT molecular complexity index is 523. The van der Waals surface area contributed by atoms with Gasteiger partial charge in [0.15, 0.2) is 0 Å². The van der Waals surface area contributed by atoms with E-state index in [9.17, 15) is 0 Å². The van der Waals surface area contributed by atoms with Crippen molar-refractivity contribution in [2.45, 2.75) is 33.2 Å². The minimum absolute atomic E-state index is 0.342. The van der Waals surface area contributed by atoms with Gasteiger partial charge in [-0.3, -0.25) is 4.98 Å². The van der Waals surface area contributed by atoms with Gasteiger partial charge >= 0.3 is 0 Å². The van der Waals surface area contributed by atoms with Crippen molar-refractivity contribution in [3.63, 3.8) is 0 Å². The molecule has 1 N–H and O–H groups in total. The molecule has 0 unspecified atom stereocenters. The molecule has 0 saturated heterocycles. The summed E-state index contributed by atoms with van der Waals surface area (Å²) in [6.45, 7) is 6.99. The van der Waals surface area contributed by atoms with E-state index in [0.717, 1.165) is 18.2 Å². The summed E-state index contributed by atoms with van der Waals surface area (Å²) >= 11 is 0. The van der Waals surface area contributed by atoms with Crippen LogP contribution in [0.2, 0.25) is 0 Å². The number of hydrogen-bond donors (Lipinski definition) is 1. The molecule has 4 heteroatoms. The van der Waals surface area contributed by atoms with Crippen molar-refractivity contribution in [2.75, 3.05) is 5.32 Å². The van der Waals surface area contributed by atoms with Crippen LogP contribution in [0.25, 0.3) is 0 Å². The molecule has 0 atom stereocenters. The number of aryl methyl sites for hydroxylation is 1. The van der Waals surface area contributed by atoms with Crippen LogP contribution >= 0.6 is 0 Å². The summed E-state index contributed by atoms with van der Waals surface area (Å²) in [6.07, 6.45) is 5.48. The van der Waals surface area contributed by atoms with Crippen LogP contribution in [0.5, 0.6) is 0 Å². The van der Waals surface area contributed by atoms with Crippen LogP contribution in [-0.4, -0.2) is 15.0 Å². The number of aromatic nitrogens is 3. The number of rotatable bonds is 4. The Balaban J connectivity index is 2.07. The molecule has 2 aromatic heterocycles. The Kier molecular flexibility index (Phi) is 3.87. The number of nitrogens with one attached hydrogen (secondary N) is 1. The van der Waals surface area contributed by atoms with Gasteiger partial charge in [-0.1, -0.05) is 13.8 Å². The van der Waals surface area contributed by atoms with Gasteiger partial charge in [-0.2, -0.15) is 0 Å². The Labute approximate surface area is 108 Å². The SMILES string of the molecule is Cc1cnccc1CNc1ccnc(C(C)C)n1. The van der Waals surface area contributed by atoms with Crippen molar-refractivity contribution in [2.24, 2.45) is 0 Å². The molecule has 0 bridgehead atoms. The summed E-state index contributed by atoms with van der Waals surface area (Å²) in [4.78, 5) is 12.8. The molecule has 0 spiro atoms. The maximum atomic E-state index is 4.48. The molecule has 0 aliphatic heterocycles. The molecule has 2 aromatic rings. The average Bonchev–Trinajstić information content (AvgIpc) is 2.38. The lowest BCUT2D eigenvalue weighted by molar-refractivity contribution is 0.774. The fraction of sp³-hybridized carbons (Fsp3) is 0.357. The Morgan fingerprint density at radius 1 is 1.22 bits per heavy atom. The molecule has 0 radical (unpaired) electrons. The quantitative estimate of drug-likeness (QED) is 0.895. The maximum Gasteiger partial charge on any atom is 0.133 e. The molecule has 0 amide bonds. The third kappa shape index (κ3) is 3.03. The van der Waals surface area contributed by atoms with Crippen molar-refractivity contribution in [1.82, 2.24) is 15.0 Å². The van der Waals surface area contributed by atoms with E-state index in [0.29, 0.717) is 5.92 Å². The van der Waals surface area contributed by atoms with E-state index < -0.39 is 0 Å². The van der Waals surface area contributed by atoms with Crippen LogP contribution in [0, 0.1) is 6.92 Å². The molecule has 0 saturated carbocycles. The van der Waals surface area contributed by atoms with E-state index in [4.69, 9.17) is 0 Å². The van der Waals surface area contributed by atoms with E-state index in [-0.39, 0.29) is 0 Å². The van der Waals surface area contributed by atoms with Gasteiger partial charge in [0.25, 0.3) is 0 Å². The number of anilines is 1. The number of pyridine rings is 1. The highest BCUT2D eigenvalue weighted by Crippen LogP contribution is 2.12. The van der Waals surface area contributed by atoms with Crippen LogP contribution < -0.4 is 5.32 Å². The fourth-order valence-electron chi connectivity index (χ4n) is 1.64. The van der Waals surface area contributed by atoms with Crippen LogP contribution in [0.4, 0.5) is 5.82 Å². The van der Waals surface area contributed by atoms with E-state index >= 15 is 0 Å². The van der Waals surface area contributed by atoms with Crippen LogP contribution in [0.3, 0.4) is 0 Å². The molecule has 0 fully saturated rings. The summed E-state index contributed by atoms with van der Waals surface area (Å²) in [7, 11) is 0. The molecule has 94 valence electrons. The molecular formula is C14H18N4. The van der Waals surface area contributed by atoms with E-state index in [1.807, 2.05) is 24.5 Å². The first-order chi connectivity index (χ1) is 8.66. The first-order valence-corrected chi connectivity index (χ1v) is 6.13. The topological polar surface area (TPSA) is 50.7 Å². The normalized spacial score (nSPS) is 10.7. The lowest BCUT2D eigenvalue weighted by atomic mass is 10.1. The Morgan fingerprint density at radius 3 is 2.78 bits per heavy atom. The fourth-order valence-corrected chi connectivity index (χ4v) is 1.64. The van der Waals surface area contributed by atoms with E-state index in [1.54, 1.807) is 6.20 Å². The van der Waals surface area contributed by atoms with Crippen molar-refractivity contribution in [1.29, 1.82) is 0 Å². The van der Waals surface area contributed by atoms with Gasteiger partial charge < -0.3 is 5.32 Å². The summed E-state index contributed by atoms with van der Waals surface area (Å²) in [6, 6.07) is 3.91. The third-order valence-electron chi connectivity index (χ3n) is 2.79. The molecular weight excluding hydrogens is 224 g/mol. The Hall–Kier alpha value is -1.97. The summed E-state index contributed by atoms with van der Waals surface area (Å²) in [5, 5.41) is 3.32. The first-order valence-electron chi connectivity index (χ1n) is 6.13.